The summed E-state index contributed by atoms with van der Waals surface area (Å²) in [4.78, 5) is 11.3. The highest BCUT2D eigenvalue weighted by Crippen LogP contribution is 2.27. The molecular formula is C9H15Br4NO2. The second-order valence-corrected chi connectivity index (χ2v) is 7.79. The zero-order valence-corrected chi connectivity index (χ0v) is 15.2. The molecule has 3 nitrogen and oxygen atoms in total. The van der Waals surface area contributed by atoms with E-state index in [0.717, 1.165) is 23.5 Å². The summed E-state index contributed by atoms with van der Waals surface area (Å²) >= 11 is 13.8. The number of carbonyl (C=O) groups is 1. The van der Waals surface area contributed by atoms with Crippen LogP contribution in [0.25, 0.3) is 0 Å². The molecule has 0 aliphatic rings. The predicted octanol–water partition coefficient (Wildman–Crippen LogP) is 4.11. The predicted molar refractivity (Wildman–Crippen MR) is 81.8 cm³/mol. The van der Waals surface area contributed by atoms with E-state index in [1.165, 1.54) is 0 Å². The molecule has 0 aliphatic carbocycles. The smallest absolute Gasteiger partial charge is 0.405 e. The Kier molecular flexibility index (Phi) is 8.94. The fourth-order valence-electron chi connectivity index (χ4n) is 1.53. The molecule has 0 aromatic heterocycles. The maximum atomic E-state index is 10.8. The lowest BCUT2D eigenvalue weighted by molar-refractivity contribution is 0.176. The second kappa shape index (κ2) is 8.32. The van der Waals surface area contributed by atoms with Crippen molar-refractivity contribution in [2.75, 3.05) is 10.7 Å². The summed E-state index contributed by atoms with van der Waals surface area (Å²) < 4.78 is 0. The molecule has 0 rings (SSSR count). The number of halogens is 4. The van der Waals surface area contributed by atoms with Crippen LogP contribution in [0.4, 0.5) is 4.79 Å². The van der Waals surface area contributed by atoms with Crippen molar-refractivity contribution in [1.82, 2.24) is 5.32 Å². The van der Waals surface area contributed by atoms with Crippen LogP contribution in [0.1, 0.15) is 19.8 Å². The van der Waals surface area contributed by atoms with Gasteiger partial charge in [0.25, 0.3) is 0 Å². The summed E-state index contributed by atoms with van der Waals surface area (Å²) in [7, 11) is 0. The highest BCUT2D eigenvalue weighted by molar-refractivity contribution is 9.12. The Labute approximate surface area is 130 Å². The van der Waals surface area contributed by atoms with E-state index in [-0.39, 0.29) is 9.65 Å². The van der Waals surface area contributed by atoms with E-state index in [2.05, 4.69) is 69.0 Å². The first-order chi connectivity index (χ1) is 7.33. The number of hydrogen-bond acceptors (Lipinski definition) is 1. The van der Waals surface area contributed by atoms with Crippen LogP contribution in [0.2, 0.25) is 0 Å². The number of nitrogens with one attached hydrogen (secondary N) is 1. The van der Waals surface area contributed by atoms with E-state index in [9.17, 15) is 4.79 Å². The third-order valence-electron chi connectivity index (χ3n) is 2.09. The summed E-state index contributed by atoms with van der Waals surface area (Å²) in [5.74, 6) is 0. The fourth-order valence-corrected chi connectivity index (χ4v) is 3.42. The minimum absolute atomic E-state index is 0.249. The topological polar surface area (TPSA) is 49.3 Å². The Morgan fingerprint density at radius 3 is 1.88 bits per heavy atom. The fraction of sp³-hybridized carbons (Fsp3) is 0.889. The Morgan fingerprint density at radius 2 is 1.62 bits per heavy atom. The molecule has 0 aliphatic heterocycles. The first-order valence-electron chi connectivity index (χ1n) is 4.74. The highest BCUT2D eigenvalue weighted by Gasteiger charge is 2.30. The molecular weight excluding hydrogens is 474 g/mol. The monoisotopic (exact) mass is 485 g/mol. The Bertz CT molecular complexity index is 216. The molecule has 0 spiro atoms. The minimum atomic E-state index is -0.981. The average molecular weight is 489 g/mol. The van der Waals surface area contributed by atoms with E-state index in [0.29, 0.717) is 0 Å². The van der Waals surface area contributed by atoms with Gasteiger partial charge in [0.15, 0.2) is 0 Å². The molecule has 7 heteroatoms. The quantitative estimate of drug-likeness (QED) is 0.530. The number of amides is 1. The van der Waals surface area contributed by atoms with Crippen LogP contribution in [-0.2, 0) is 0 Å². The van der Waals surface area contributed by atoms with Gasteiger partial charge in [-0.25, -0.2) is 4.79 Å². The Hall–Kier alpha value is 1.19. The van der Waals surface area contributed by atoms with Crippen molar-refractivity contribution in [3.05, 3.63) is 0 Å². The van der Waals surface area contributed by atoms with E-state index in [1.807, 2.05) is 6.92 Å². The molecule has 0 heterocycles. The van der Waals surface area contributed by atoms with E-state index in [4.69, 9.17) is 5.11 Å². The zero-order chi connectivity index (χ0) is 12.8. The van der Waals surface area contributed by atoms with Crippen LogP contribution >= 0.6 is 63.7 Å². The van der Waals surface area contributed by atoms with Crippen LogP contribution in [0.5, 0.6) is 0 Å². The number of rotatable bonds is 7. The van der Waals surface area contributed by atoms with Crippen LogP contribution in [0.15, 0.2) is 0 Å². The summed E-state index contributed by atoms with van der Waals surface area (Å²) in [6, 6.07) is 0. The largest absolute Gasteiger partial charge is 0.465 e. The maximum absolute atomic E-state index is 10.8. The van der Waals surface area contributed by atoms with Crippen molar-refractivity contribution in [2.24, 2.45) is 0 Å². The molecule has 2 N–H and O–H groups in total. The molecule has 0 radical (unpaired) electrons. The molecule has 2 unspecified atom stereocenters. The van der Waals surface area contributed by atoms with Crippen molar-refractivity contribution < 1.29 is 9.90 Å². The Morgan fingerprint density at radius 1 is 1.25 bits per heavy atom. The zero-order valence-electron chi connectivity index (χ0n) is 8.85. The van der Waals surface area contributed by atoms with Gasteiger partial charge in [-0.1, -0.05) is 63.7 Å². The van der Waals surface area contributed by atoms with Gasteiger partial charge in [-0.15, -0.1) is 0 Å². The normalized spacial score (nSPS) is 18.6. The van der Waals surface area contributed by atoms with Gasteiger partial charge in [0.05, 0.1) is 0 Å². The van der Waals surface area contributed by atoms with Crippen LogP contribution in [-0.4, -0.2) is 37.1 Å². The van der Waals surface area contributed by atoms with Crippen LogP contribution in [0.3, 0.4) is 0 Å². The molecule has 0 saturated heterocycles. The summed E-state index contributed by atoms with van der Waals surface area (Å²) in [5.41, 5.74) is -0.435. The number of hydrogen-bond donors (Lipinski definition) is 2. The average Bonchev–Trinajstić information content (AvgIpc) is 2.15. The van der Waals surface area contributed by atoms with Crippen LogP contribution in [0, 0.1) is 0 Å². The number of alkyl halides is 4. The molecule has 1 amide bonds. The van der Waals surface area contributed by atoms with Gasteiger partial charge in [-0.2, -0.15) is 0 Å². The highest BCUT2D eigenvalue weighted by atomic mass is 79.9. The Balaban J connectivity index is 4.53. The van der Waals surface area contributed by atoms with Gasteiger partial charge in [0.1, 0.15) is 0 Å². The van der Waals surface area contributed by atoms with Crippen molar-refractivity contribution in [2.45, 2.75) is 35.0 Å². The summed E-state index contributed by atoms with van der Waals surface area (Å²) in [6.45, 7) is 1.93. The molecule has 16 heavy (non-hydrogen) atoms. The van der Waals surface area contributed by atoms with Gasteiger partial charge < -0.3 is 10.4 Å². The SMILES string of the molecule is CC(CC(Br)CBr)(CC(Br)CBr)NC(=O)O. The number of carboxylic acid groups (broad SMARTS) is 1. The van der Waals surface area contributed by atoms with Crippen LogP contribution < -0.4 is 5.32 Å². The van der Waals surface area contributed by atoms with E-state index < -0.39 is 11.6 Å². The second-order valence-electron chi connectivity index (χ2n) is 3.90. The standard InChI is InChI=1S/C9H15Br4NO2/c1-9(14-8(15)16,2-6(12)4-10)3-7(13)5-11/h6-7,14H,2-5H2,1H3,(H,15,16). The lowest BCUT2D eigenvalue weighted by Crippen LogP contribution is -2.48. The first-order valence-corrected chi connectivity index (χ1v) is 8.81. The summed E-state index contributed by atoms with van der Waals surface area (Å²) in [6.07, 6.45) is 0.491. The van der Waals surface area contributed by atoms with Gasteiger partial charge in [-0.05, 0) is 19.8 Å². The van der Waals surface area contributed by atoms with E-state index >= 15 is 0 Å². The molecule has 0 saturated carbocycles. The van der Waals surface area contributed by atoms with Gasteiger partial charge >= 0.3 is 6.09 Å². The van der Waals surface area contributed by atoms with Gasteiger partial charge in [-0.3, -0.25) is 0 Å². The van der Waals surface area contributed by atoms with Gasteiger partial charge in [0.2, 0.25) is 0 Å². The van der Waals surface area contributed by atoms with Crippen molar-refractivity contribution >= 4 is 69.8 Å². The van der Waals surface area contributed by atoms with E-state index in [1.54, 1.807) is 0 Å². The van der Waals surface area contributed by atoms with Crippen molar-refractivity contribution in [3.8, 4) is 0 Å². The molecule has 0 fully saturated rings. The van der Waals surface area contributed by atoms with Gasteiger partial charge in [0, 0.05) is 25.9 Å². The summed E-state index contributed by atoms with van der Waals surface area (Å²) in [5, 5.41) is 13.1. The lowest BCUT2D eigenvalue weighted by atomic mass is 9.91. The van der Waals surface area contributed by atoms with Crippen molar-refractivity contribution in [3.63, 3.8) is 0 Å². The molecule has 0 aromatic carbocycles. The molecule has 96 valence electrons. The maximum Gasteiger partial charge on any atom is 0.405 e. The minimum Gasteiger partial charge on any atom is -0.465 e. The third-order valence-corrected chi connectivity index (χ3v) is 6.68. The molecule has 0 aromatic rings. The lowest BCUT2D eigenvalue weighted by Gasteiger charge is -2.32. The first kappa shape index (κ1) is 17.2. The molecule has 2 atom stereocenters. The van der Waals surface area contributed by atoms with Crippen molar-refractivity contribution in [1.29, 1.82) is 0 Å². The molecule has 0 bridgehead atoms. The third kappa shape index (κ3) is 7.50.